The van der Waals surface area contributed by atoms with Gasteiger partial charge in [-0.25, -0.2) is 4.98 Å². The smallest absolute Gasteiger partial charge is 0.237 e. The van der Waals surface area contributed by atoms with Gasteiger partial charge in [-0.1, -0.05) is 29.8 Å². The average Bonchev–Trinajstić information content (AvgIpc) is 3.29. The quantitative estimate of drug-likeness (QED) is 0.733. The molecule has 0 aliphatic carbocycles. The summed E-state index contributed by atoms with van der Waals surface area (Å²) in [4.78, 5) is 19.1. The van der Waals surface area contributed by atoms with Crippen LogP contribution in [0.4, 0.5) is 0 Å². The third kappa shape index (κ3) is 3.52. The van der Waals surface area contributed by atoms with Crippen LogP contribution in [-0.4, -0.2) is 45.1 Å². The first-order chi connectivity index (χ1) is 12.7. The van der Waals surface area contributed by atoms with E-state index in [1.165, 1.54) is 11.1 Å². The van der Waals surface area contributed by atoms with Crippen LogP contribution in [-0.2, 0) is 17.8 Å². The van der Waals surface area contributed by atoms with E-state index in [9.17, 15) is 4.79 Å². The number of H-pyrrole nitrogens is 1. The lowest BCUT2D eigenvalue weighted by molar-refractivity contribution is -0.129. The van der Waals surface area contributed by atoms with Crippen LogP contribution >= 0.6 is 0 Å². The zero-order chi connectivity index (χ0) is 17.9. The third-order valence-corrected chi connectivity index (χ3v) is 4.57. The molecule has 1 aliphatic heterocycles. The maximum absolute atomic E-state index is 12.5. The molecular weight excluding hydrogens is 330 g/mol. The van der Waals surface area contributed by atoms with Crippen molar-refractivity contribution in [3.63, 3.8) is 0 Å². The Morgan fingerprint density at radius 1 is 1.31 bits per heavy atom. The Hall–Kier alpha value is -2.93. The highest BCUT2D eigenvalue weighted by Gasteiger charge is 2.31. The van der Waals surface area contributed by atoms with Crippen molar-refractivity contribution in [2.24, 2.45) is 0 Å². The summed E-state index contributed by atoms with van der Waals surface area (Å²) in [6.07, 6.45) is 2.06. The number of hydrogen-bond donors (Lipinski definition) is 2. The van der Waals surface area contributed by atoms with Gasteiger partial charge in [-0.3, -0.25) is 14.8 Å². The van der Waals surface area contributed by atoms with Crippen LogP contribution in [0.2, 0.25) is 0 Å². The minimum absolute atomic E-state index is 0.0276. The fourth-order valence-electron chi connectivity index (χ4n) is 3.30. The molecule has 0 saturated carbocycles. The van der Waals surface area contributed by atoms with Crippen LogP contribution in [0.25, 0.3) is 11.6 Å². The van der Waals surface area contributed by atoms with E-state index in [4.69, 9.17) is 4.42 Å². The fourth-order valence-corrected chi connectivity index (χ4v) is 3.30. The highest BCUT2D eigenvalue weighted by molar-refractivity contribution is 5.82. The first-order valence-corrected chi connectivity index (χ1v) is 8.71. The zero-order valence-corrected chi connectivity index (χ0v) is 14.6. The number of aryl methyl sites for hydroxylation is 1. The molecule has 1 unspecified atom stereocenters. The van der Waals surface area contributed by atoms with E-state index in [1.54, 1.807) is 12.3 Å². The summed E-state index contributed by atoms with van der Waals surface area (Å²) in [6, 6.07) is 11.7. The van der Waals surface area contributed by atoms with Crippen LogP contribution in [0.3, 0.4) is 0 Å². The van der Waals surface area contributed by atoms with Crippen molar-refractivity contribution in [2.45, 2.75) is 25.9 Å². The number of carbonyl (C=O) groups is 1. The summed E-state index contributed by atoms with van der Waals surface area (Å²) >= 11 is 0. The van der Waals surface area contributed by atoms with Gasteiger partial charge in [-0.15, -0.1) is 0 Å². The minimum atomic E-state index is -0.276. The number of furan rings is 1. The van der Waals surface area contributed by atoms with Gasteiger partial charge in [0.1, 0.15) is 5.82 Å². The number of piperazine rings is 1. The van der Waals surface area contributed by atoms with Gasteiger partial charge in [-0.2, -0.15) is 5.10 Å². The van der Waals surface area contributed by atoms with Gasteiger partial charge in [-0.05, 0) is 24.6 Å². The molecule has 7 nitrogen and oxygen atoms in total. The van der Waals surface area contributed by atoms with Gasteiger partial charge in [0, 0.05) is 26.1 Å². The second kappa shape index (κ2) is 7.13. The Bertz CT molecular complexity index is 887. The summed E-state index contributed by atoms with van der Waals surface area (Å²) < 4.78 is 5.32. The Balaban J connectivity index is 1.51. The number of nitrogens with zero attached hydrogens (tertiary/aromatic N) is 3. The van der Waals surface area contributed by atoms with Crippen LogP contribution in [0.15, 0.2) is 47.1 Å². The van der Waals surface area contributed by atoms with E-state index in [0.29, 0.717) is 30.4 Å². The van der Waals surface area contributed by atoms with Crippen LogP contribution < -0.4 is 5.32 Å². The summed E-state index contributed by atoms with van der Waals surface area (Å²) in [7, 11) is 0. The van der Waals surface area contributed by atoms with Gasteiger partial charge in [0.15, 0.2) is 5.76 Å². The number of nitrogens with one attached hydrogen (secondary N) is 2. The summed E-state index contributed by atoms with van der Waals surface area (Å²) in [5.74, 6) is 1.82. The Labute approximate surface area is 151 Å². The SMILES string of the molecule is Cc1cccc(CN2CCNC(=O)C2Cc2nc(-c3ccco3)n[nH]2)c1. The lowest BCUT2D eigenvalue weighted by Gasteiger charge is -2.34. The second-order valence-corrected chi connectivity index (χ2v) is 6.55. The molecule has 3 heterocycles. The maximum atomic E-state index is 12.5. The molecule has 7 heteroatoms. The predicted molar refractivity (Wildman–Crippen MR) is 96.2 cm³/mol. The fraction of sp³-hybridized carbons (Fsp3) is 0.316. The number of aromatic amines is 1. The van der Waals surface area contributed by atoms with E-state index in [0.717, 1.165) is 13.1 Å². The van der Waals surface area contributed by atoms with Crippen molar-refractivity contribution < 1.29 is 9.21 Å². The molecule has 4 rings (SSSR count). The maximum Gasteiger partial charge on any atom is 0.237 e. The Morgan fingerprint density at radius 3 is 3.04 bits per heavy atom. The van der Waals surface area contributed by atoms with Crippen LogP contribution in [0.5, 0.6) is 0 Å². The van der Waals surface area contributed by atoms with Crippen LogP contribution in [0.1, 0.15) is 17.0 Å². The van der Waals surface area contributed by atoms with E-state index in [-0.39, 0.29) is 11.9 Å². The Kier molecular flexibility index (Phi) is 4.53. The molecule has 26 heavy (non-hydrogen) atoms. The number of aromatic nitrogens is 3. The number of carbonyl (C=O) groups excluding carboxylic acids is 1. The molecule has 1 amide bonds. The first-order valence-electron chi connectivity index (χ1n) is 8.71. The van der Waals surface area contributed by atoms with Crippen molar-refractivity contribution in [1.82, 2.24) is 25.4 Å². The number of amides is 1. The zero-order valence-electron chi connectivity index (χ0n) is 14.6. The van der Waals surface area contributed by atoms with Crippen molar-refractivity contribution in [2.75, 3.05) is 13.1 Å². The van der Waals surface area contributed by atoms with Gasteiger partial charge in [0.05, 0.1) is 12.3 Å². The predicted octanol–water partition coefficient (Wildman–Crippen LogP) is 1.92. The molecule has 0 radical (unpaired) electrons. The minimum Gasteiger partial charge on any atom is -0.461 e. The average molecular weight is 351 g/mol. The van der Waals surface area contributed by atoms with Crippen molar-refractivity contribution in [3.05, 3.63) is 59.6 Å². The summed E-state index contributed by atoms with van der Waals surface area (Å²) in [5.41, 5.74) is 2.43. The highest BCUT2D eigenvalue weighted by atomic mass is 16.3. The first kappa shape index (κ1) is 16.5. The lowest BCUT2D eigenvalue weighted by atomic mass is 10.1. The molecular formula is C19H21N5O2. The van der Waals surface area contributed by atoms with E-state index >= 15 is 0 Å². The lowest BCUT2D eigenvalue weighted by Crippen LogP contribution is -2.55. The molecule has 1 saturated heterocycles. The largest absolute Gasteiger partial charge is 0.461 e. The van der Waals surface area contributed by atoms with Gasteiger partial charge >= 0.3 is 0 Å². The summed E-state index contributed by atoms with van der Waals surface area (Å²) in [5, 5.41) is 10.1. The van der Waals surface area contributed by atoms with E-state index in [2.05, 4.69) is 56.6 Å². The molecule has 1 aliphatic rings. The van der Waals surface area contributed by atoms with Crippen molar-refractivity contribution in [1.29, 1.82) is 0 Å². The monoisotopic (exact) mass is 351 g/mol. The molecule has 1 fully saturated rings. The van der Waals surface area contributed by atoms with Gasteiger partial charge in [0.2, 0.25) is 11.7 Å². The van der Waals surface area contributed by atoms with Gasteiger partial charge < -0.3 is 9.73 Å². The molecule has 2 aromatic heterocycles. The number of benzene rings is 1. The normalized spacial score (nSPS) is 18.0. The van der Waals surface area contributed by atoms with Gasteiger partial charge in [0.25, 0.3) is 0 Å². The standard InChI is InChI=1S/C19H21N5O2/c1-13-4-2-5-14(10-13)12-24-8-7-20-19(25)15(24)11-17-21-18(23-22-17)16-6-3-9-26-16/h2-6,9-10,15H,7-8,11-12H2,1H3,(H,20,25)(H,21,22,23). The molecule has 0 bridgehead atoms. The molecule has 2 N–H and O–H groups in total. The molecule has 0 spiro atoms. The van der Waals surface area contributed by atoms with Crippen molar-refractivity contribution in [3.8, 4) is 11.6 Å². The topological polar surface area (TPSA) is 87.1 Å². The van der Waals surface area contributed by atoms with Crippen LogP contribution in [0, 0.1) is 6.92 Å². The Morgan fingerprint density at radius 2 is 2.23 bits per heavy atom. The third-order valence-electron chi connectivity index (χ3n) is 4.57. The molecule has 1 aromatic carbocycles. The van der Waals surface area contributed by atoms with Crippen molar-refractivity contribution >= 4 is 5.91 Å². The van der Waals surface area contributed by atoms with E-state index in [1.807, 2.05) is 6.07 Å². The van der Waals surface area contributed by atoms with E-state index < -0.39 is 0 Å². The molecule has 1 atom stereocenters. The number of rotatable bonds is 5. The number of hydrogen-bond acceptors (Lipinski definition) is 5. The summed E-state index contributed by atoms with van der Waals surface area (Å²) in [6.45, 7) is 4.28. The highest BCUT2D eigenvalue weighted by Crippen LogP contribution is 2.18. The molecule has 134 valence electrons. The molecule has 3 aromatic rings. The second-order valence-electron chi connectivity index (χ2n) is 6.55.